The van der Waals surface area contributed by atoms with Crippen molar-refractivity contribution in [1.82, 2.24) is 12.7 Å². The molecule has 6 nitrogen and oxygen atoms in total. The molecule has 0 aliphatic carbocycles. The normalized spacial score (nSPS) is 12.2. The molecule has 3 amide bonds. The molecule has 0 fully saturated rings. The van der Waals surface area contributed by atoms with E-state index in [2.05, 4.69) is 69.9 Å². The summed E-state index contributed by atoms with van der Waals surface area (Å²) in [7, 11) is 0. The summed E-state index contributed by atoms with van der Waals surface area (Å²) in [5, 5.41) is 0. The number of nitrogens with one attached hydrogen (secondary N) is 3. The summed E-state index contributed by atoms with van der Waals surface area (Å²) in [5.41, 5.74) is 0. The third kappa shape index (κ3) is 49.1. The molecule has 0 atom stereocenters. The molecule has 3 N–H and O–H groups in total. The third-order valence-corrected chi connectivity index (χ3v) is 14.7. The fourth-order valence-corrected chi connectivity index (χ4v) is 10.3. The fraction of sp³-hybridized carbons (Fsp3) is 0.833. The molecule has 0 heterocycles. The van der Waals surface area contributed by atoms with Crippen LogP contribution < -0.4 is 12.7 Å². The van der Waals surface area contributed by atoms with Crippen molar-refractivity contribution in [3.8, 4) is 0 Å². The van der Waals surface area contributed by atoms with E-state index in [-0.39, 0.29) is 17.7 Å². The number of hydrogen-bond acceptors (Lipinski definition) is 3. The van der Waals surface area contributed by atoms with Gasteiger partial charge < -0.3 is 0 Å². The molecule has 0 aliphatic rings. The Morgan fingerprint density at radius 2 is 0.459 bits per heavy atom. The van der Waals surface area contributed by atoms with Gasteiger partial charge in [0, 0.05) is 0 Å². The first-order valence-corrected chi connectivity index (χ1v) is 29.5. The van der Waals surface area contributed by atoms with E-state index in [0.29, 0.717) is 19.3 Å². The summed E-state index contributed by atoms with van der Waals surface area (Å²) < 4.78 is 9.17. The molecule has 0 radical (unpaired) electrons. The van der Waals surface area contributed by atoms with Crippen LogP contribution in [0.4, 0.5) is 0 Å². The predicted molar refractivity (Wildman–Crippen MR) is 269 cm³/mol. The van der Waals surface area contributed by atoms with Gasteiger partial charge in [-0.05, 0) is 19.3 Å². The first-order chi connectivity index (χ1) is 30.0. The molecule has 0 aromatic carbocycles. The van der Waals surface area contributed by atoms with Gasteiger partial charge in [-0.15, -0.1) is 0 Å². The molecular formula is C54H102AsN3O3. The maximum absolute atomic E-state index is 13.0. The average Bonchev–Trinajstić information content (AvgIpc) is 3.25. The van der Waals surface area contributed by atoms with Crippen molar-refractivity contribution in [2.75, 3.05) is 0 Å². The average molecular weight is 916 g/mol. The first-order valence-electron chi connectivity index (χ1n) is 26.7. The van der Waals surface area contributed by atoms with Gasteiger partial charge in [0.25, 0.3) is 0 Å². The van der Waals surface area contributed by atoms with Gasteiger partial charge in [-0.25, -0.2) is 0 Å². The molecule has 0 aromatic heterocycles. The van der Waals surface area contributed by atoms with E-state index in [1.54, 1.807) is 0 Å². The first kappa shape index (κ1) is 59.2. The van der Waals surface area contributed by atoms with Crippen LogP contribution in [0.5, 0.6) is 0 Å². The molecule has 356 valence electrons. The quantitative estimate of drug-likeness (QED) is 0.0323. The Hall–Kier alpha value is -1.81. The number of hydrogen-bond donors (Lipinski definition) is 3. The van der Waals surface area contributed by atoms with E-state index < -0.39 is 15.3 Å². The van der Waals surface area contributed by atoms with E-state index in [4.69, 9.17) is 0 Å². The molecule has 0 aromatic rings. The number of rotatable bonds is 48. The Kier molecular flexibility index (Phi) is 49.3. The number of amides is 3. The van der Waals surface area contributed by atoms with Gasteiger partial charge in [0.1, 0.15) is 0 Å². The Bertz CT molecular complexity index is 916. The predicted octanol–water partition coefficient (Wildman–Crippen LogP) is 16.4. The molecule has 0 aliphatic heterocycles. The van der Waals surface area contributed by atoms with Gasteiger partial charge >= 0.3 is 251 Å². The second-order valence-electron chi connectivity index (χ2n) is 17.9. The Morgan fingerprint density at radius 3 is 0.672 bits per heavy atom. The molecule has 61 heavy (non-hydrogen) atoms. The monoisotopic (exact) mass is 916 g/mol. The van der Waals surface area contributed by atoms with Crippen molar-refractivity contribution in [2.45, 2.75) is 290 Å². The molecular weight excluding hydrogens is 814 g/mol. The minimum atomic E-state index is -2.60. The summed E-state index contributed by atoms with van der Waals surface area (Å²) >= 11 is -2.60. The Morgan fingerprint density at radius 1 is 0.279 bits per heavy atom. The van der Waals surface area contributed by atoms with Gasteiger partial charge in [0.15, 0.2) is 0 Å². The van der Waals surface area contributed by atoms with Crippen molar-refractivity contribution >= 4 is 33.0 Å². The van der Waals surface area contributed by atoms with Gasteiger partial charge in [-0.2, -0.15) is 0 Å². The number of allylic oxidation sites excluding steroid dienone is 6. The summed E-state index contributed by atoms with van der Waals surface area (Å²) in [4.78, 5) is 38.9. The molecule has 0 rings (SSSR count). The van der Waals surface area contributed by atoms with Gasteiger partial charge in [-0.1, -0.05) is 117 Å². The van der Waals surface area contributed by atoms with E-state index >= 15 is 0 Å². The van der Waals surface area contributed by atoms with Gasteiger partial charge in [0.2, 0.25) is 0 Å². The van der Waals surface area contributed by atoms with Crippen LogP contribution in [0, 0.1) is 0 Å². The molecule has 0 spiro atoms. The number of carbonyl (C=O) groups excluding carboxylic acids is 3. The Labute approximate surface area is 385 Å². The second kappa shape index (κ2) is 50.8. The summed E-state index contributed by atoms with van der Waals surface area (Å²) in [6.07, 6.45) is 63.1. The van der Waals surface area contributed by atoms with Crippen LogP contribution in [0.1, 0.15) is 290 Å². The van der Waals surface area contributed by atoms with E-state index in [1.165, 1.54) is 173 Å². The van der Waals surface area contributed by atoms with Crippen molar-refractivity contribution in [1.29, 1.82) is 0 Å². The van der Waals surface area contributed by atoms with Crippen molar-refractivity contribution in [3.05, 3.63) is 36.5 Å². The smallest absolute Gasteiger partial charge is 0.0654 e. The van der Waals surface area contributed by atoms with Crippen LogP contribution in [-0.2, 0) is 14.4 Å². The maximum atomic E-state index is 13.0. The summed E-state index contributed by atoms with van der Waals surface area (Å²) in [5.74, 6) is -0.166. The Balaban J connectivity index is 4.42. The molecule has 0 unspecified atom stereocenters. The summed E-state index contributed by atoms with van der Waals surface area (Å²) in [6.45, 7) is 6.80. The zero-order chi connectivity index (χ0) is 44.4. The minimum Gasteiger partial charge on any atom is -0.0654 e. The van der Waals surface area contributed by atoms with Crippen LogP contribution in [0.2, 0.25) is 0 Å². The molecule has 0 bridgehead atoms. The molecule has 7 heteroatoms. The van der Waals surface area contributed by atoms with Crippen LogP contribution in [-0.4, -0.2) is 33.0 Å². The topological polar surface area (TPSA) is 87.3 Å². The van der Waals surface area contributed by atoms with Crippen molar-refractivity contribution in [3.63, 3.8) is 0 Å². The van der Waals surface area contributed by atoms with Crippen LogP contribution in [0.15, 0.2) is 36.5 Å². The molecule has 0 saturated carbocycles. The zero-order valence-electron chi connectivity index (χ0n) is 40.8. The van der Waals surface area contributed by atoms with E-state index in [1.807, 2.05) is 0 Å². The van der Waals surface area contributed by atoms with Crippen LogP contribution in [0.25, 0.3) is 0 Å². The van der Waals surface area contributed by atoms with Crippen LogP contribution in [0.3, 0.4) is 0 Å². The van der Waals surface area contributed by atoms with Gasteiger partial charge in [-0.3, -0.25) is 0 Å². The van der Waals surface area contributed by atoms with Crippen molar-refractivity contribution in [2.24, 2.45) is 0 Å². The fourth-order valence-electron chi connectivity index (χ4n) is 7.69. The molecule has 0 saturated heterocycles. The van der Waals surface area contributed by atoms with Crippen molar-refractivity contribution < 1.29 is 14.4 Å². The summed E-state index contributed by atoms with van der Waals surface area (Å²) in [6, 6.07) is 0. The van der Waals surface area contributed by atoms with E-state index in [9.17, 15) is 14.4 Å². The van der Waals surface area contributed by atoms with Gasteiger partial charge in [0.05, 0.1) is 0 Å². The second-order valence-corrected chi connectivity index (χ2v) is 20.8. The standard InChI is InChI=1S/C54H102AsN3O3/c1-4-7-10-13-16-19-22-25-28-31-34-37-40-43-46-49-52(59)56-55(57-53(60)50-47-44-41-38-35-32-29-26-23-20-17-14-11-8-5-2)58-54(61)51-48-45-42-39-36-33-30-27-24-21-18-15-12-9-6-3/h25-30H,4-24,31-51H2,1-3H3,(H,56,59)(H,57,60)(H,58,61)/b28-25-,29-26?,30-27?. The zero-order valence-corrected chi connectivity index (χ0v) is 42.7. The van der Waals surface area contributed by atoms with Crippen LogP contribution >= 0.6 is 0 Å². The van der Waals surface area contributed by atoms with E-state index in [0.717, 1.165) is 77.0 Å². The third-order valence-electron chi connectivity index (χ3n) is 11.7. The minimum absolute atomic E-state index is 0.0553. The number of carbonyl (C=O) groups is 3. The SMILES string of the molecule is CCCCCCCCC=CCCCCCCCC(=O)N[As](NC(=O)CCCCCCCC=CCCCCCCCC)NC(=O)CCCCCCC/C=C\CCCCCCCC. The number of unbranched alkanes of at least 4 members (excludes halogenated alkanes) is 33.